The number of rotatable bonds is 4. The van der Waals surface area contributed by atoms with Crippen LogP contribution in [0.25, 0.3) is 28.1 Å². The molecule has 4 heterocycles. The van der Waals surface area contributed by atoms with Crippen molar-refractivity contribution in [2.75, 3.05) is 13.1 Å². The van der Waals surface area contributed by atoms with E-state index >= 15 is 0 Å². The summed E-state index contributed by atoms with van der Waals surface area (Å²) in [5, 5.41) is 13.1. The third-order valence-corrected chi connectivity index (χ3v) is 7.15. The van der Waals surface area contributed by atoms with Gasteiger partial charge < -0.3 is 10.1 Å². The highest BCUT2D eigenvalue weighted by Crippen LogP contribution is 2.31. The minimum absolute atomic E-state index is 0. The van der Waals surface area contributed by atoms with Gasteiger partial charge in [-0.05, 0) is 62.8 Å². The van der Waals surface area contributed by atoms with Crippen LogP contribution in [0, 0.1) is 0 Å². The minimum atomic E-state index is -0.504. The molecule has 1 amide bonds. The first-order valence-electron chi connectivity index (χ1n) is 13.4. The predicted octanol–water partition coefficient (Wildman–Crippen LogP) is 7.17. The number of pyridine rings is 2. The number of halogens is 3. The van der Waals surface area contributed by atoms with Gasteiger partial charge in [0.25, 0.3) is 0 Å². The first kappa shape index (κ1) is 34.6. The number of carbonyl (C=O) groups is 1. The van der Waals surface area contributed by atoms with Gasteiger partial charge in [0.15, 0.2) is 11.5 Å². The molecular weight excluding hydrogens is 583 g/mol. The third-order valence-electron chi connectivity index (χ3n) is 7.15. The van der Waals surface area contributed by atoms with E-state index in [0.29, 0.717) is 0 Å². The number of alkyl carbamates (subject to hydrolysis) is 1. The molecule has 5 rings (SSSR count). The van der Waals surface area contributed by atoms with Crippen LogP contribution in [0.15, 0.2) is 48.7 Å². The number of para-hydroxylation sites is 1. The summed E-state index contributed by atoms with van der Waals surface area (Å²) in [6.45, 7) is 16.1. The Hall–Kier alpha value is -2.65. The van der Waals surface area contributed by atoms with Crippen LogP contribution in [0.2, 0.25) is 0 Å². The lowest BCUT2D eigenvalue weighted by Crippen LogP contribution is -2.40. The van der Waals surface area contributed by atoms with Gasteiger partial charge in [0.2, 0.25) is 0 Å². The molecule has 1 saturated heterocycles. The van der Waals surface area contributed by atoms with Gasteiger partial charge in [0.05, 0.1) is 5.52 Å². The summed E-state index contributed by atoms with van der Waals surface area (Å²) in [6.07, 6.45) is 2.65. The number of amides is 1. The molecule has 11 heteroatoms. The molecule has 3 aromatic heterocycles. The van der Waals surface area contributed by atoms with Crippen LogP contribution in [0.4, 0.5) is 4.79 Å². The van der Waals surface area contributed by atoms with E-state index in [1.54, 1.807) is 0 Å². The van der Waals surface area contributed by atoms with Crippen LogP contribution in [-0.2, 0) is 10.2 Å². The number of carbonyl (C=O) groups excluding carboxylic acids is 1. The van der Waals surface area contributed by atoms with Gasteiger partial charge in [-0.1, -0.05) is 51.1 Å². The molecule has 1 N–H and O–H groups in total. The highest BCUT2D eigenvalue weighted by molar-refractivity contribution is 5.86. The number of hydrogen-bond acceptors (Lipinski definition) is 6. The second-order valence-corrected chi connectivity index (χ2v) is 12.3. The second-order valence-electron chi connectivity index (χ2n) is 12.3. The summed E-state index contributed by atoms with van der Waals surface area (Å²) in [4.78, 5) is 19.7. The second kappa shape index (κ2) is 13.1. The number of nitrogens with one attached hydrogen (secondary N) is 1. The summed E-state index contributed by atoms with van der Waals surface area (Å²) in [5.74, 6) is 0.727. The van der Waals surface area contributed by atoms with E-state index in [2.05, 4.69) is 84.6 Å². The molecule has 0 bridgehead atoms. The van der Waals surface area contributed by atoms with Crippen molar-refractivity contribution in [3.63, 3.8) is 0 Å². The number of hydrogen-bond donors (Lipinski definition) is 1. The fraction of sp³-hybridized carbons (Fsp3) is 0.467. The molecule has 1 aliphatic heterocycles. The Morgan fingerprint density at radius 3 is 2.41 bits per heavy atom. The summed E-state index contributed by atoms with van der Waals surface area (Å²) in [6, 6.07) is 14.8. The number of nitrogens with zero attached hydrogens (tertiary/aromatic N) is 5. The molecule has 41 heavy (non-hydrogen) atoms. The molecule has 1 fully saturated rings. The normalized spacial score (nSPS) is 16.4. The highest BCUT2D eigenvalue weighted by atomic mass is 35.5. The Morgan fingerprint density at radius 1 is 1.00 bits per heavy atom. The van der Waals surface area contributed by atoms with Gasteiger partial charge in [-0.15, -0.1) is 47.4 Å². The van der Waals surface area contributed by atoms with E-state index in [4.69, 9.17) is 9.72 Å². The third kappa shape index (κ3) is 7.60. The van der Waals surface area contributed by atoms with E-state index in [0.717, 1.165) is 53.1 Å². The Morgan fingerprint density at radius 2 is 1.73 bits per heavy atom. The summed E-state index contributed by atoms with van der Waals surface area (Å²) >= 11 is 0. The highest BCUT2D eigenvalue weighted by Gasteiger charge is 2.29. The predicted molar refractivity (Wildman–Crippen MR) is 172 cm³/mol. The summed E-state index contributed by atoms with van der Waals surface area (Å²) < 4.78 is 7.47. The van der Waals surface area contributed by atoms with Gasteiger partial charge >= 0.3 is 6.09 Å². The number of fused-ring (bicyclic) bond motifs is 2. The van der Waals surface area contributed by atoms with Crippen molar-refractivity contribution < 1.29 is 9.53 Å². The summed E-state index contributed by atoms with van der Waals surface area (Å²) in [5.41, 5.74) is 4.43. The molecule has 0 unspecified atom stereocenters. The maximum Gasteiger partial charge on any atom is 0.407 e. The van der Waals surface area contributed by atoms with Crippen molar-refractivity contribution in [1.82, 2.24) is 29.8 Å². The number of likely N-dealkylation sites (tertiary alicyclic amines) is 1. The van der Waals surface area contributed by atoms with E-state index in [9.17, 15) is 4.79 Å². The number of benzene rings is 1. The van der Waals surface area contributed by atoms with Crippen molar-refractivity contribution in [2.45, 2.75) is 78.0 Å². The van der Waals surface area contributed by atoms with Crippen molar-refractivity contribution >= 4 is 59.9 Å². The minimum Gasteiger partial charge on any atom is -0.444 e. The van der Waals surface area contributed by atoms with E-state index in [1.165, 1.54) is 5.56 Å². The van der Waals surface area contributed by atoms with Gasteiger partial charge in [-0.3, -0.25) is 9.30 Å². The van der Waals surface area contributed by atoms with Crippen LogP contribution in [-0.4, -0.2) is 55.3 Å². The number of aromatic nitrogens is 4. The standard InChI is InChI=1S/C30H38N6O2.3ClH/c1-19(35-16-15-22(18-35)31-28(37)38-30(5,6)7)21-12-14-25-33-34-27(36(25)17-21)24-13-11-20-9-8-10-23(26(20)32-24)29(2,3)4;;;/h8-14,17,19,22H,15-16,18H2,1-7H3,(H,31,37);3*1H/t19-,22+;;;/m1.../s1. The van der Waals surface area contributed by atoms with Crippen LogP contribution >= 0.6 is 37.2 Å². The largest absolute Gasteiger partial charge is 0.444 e. The maximum absolute atomic E-state index is 12.2. The zero-order chi connectivity index (χ0) is 27.2. The van der Waals surface area contributed by atoms with Crippen molar-refractivity contribution in [3.05, 3.63) is 59.8 Å². The fourth-order valence-electron chi connectivity index (χ4n) is 5.15. The molecule has 2 atom stereocenters. The molecule has 224 valence electrons. The topological polar surface area (TPSA) is 84.7 Å². The van der Waals surface area contributed by atoms with Crippen molar-refractivity contribution in [1.29, 1.82) is 0 Å². The molecule has 0 saturated carbocycles. The lowest BCUT2D eigenvalue weighted by atomic mass is 9.85. The molecule has 1 aliphatic rings. The van der Waals surface area contributed by atoms with Crippen LogP contribution < -0.4 is 5.32 Å². The Labute approximate surface area is 260 Å². The smallest absolute Gasteiger partial charge is 0.407 e. The summed E-state index contributed by atoms with van der Waals surface area (Å²) in [7, 11) is 0. The molecule has 0 aliphatic carbocycles. The number of ether oxygens (including phenoxy) is 1. The molecule has 8 nitrogen and oxygen atoms in total. The quantitative estimate of drug-likeness (QED) is 0.260. The first-order chi connectivity index (χ1) is 17.9. The molecule has 1 aromatic carbocycles. The van der Waals surface area contributed by atoms with Gasteiger partial charge in [-0.2, -0.15) is 0 Å². The lowest BCUT2D eigenvalue weighted by Gasteiger charge is -2.25. The van der Waals surface area contributed by atoms with Crippen LogP contribution in [0.1, 0.15) is 72.1 Å². The fourth-order valence-corrected chi connectivity index (χ4v) is 5.15. The lowest BCUT2D eigenvalue weighted by molar-refractivity contribution is 0.0504. The molecule has 4 aromatic rings. The SMILES string of the molecule is C[C@H](c1ccc2nnc(-c3ccc4cccc(C(C)(C)C)c4n3)n2c1)N1CC[C@H](NC(=O)OC(C)(C)C)C1.Cl.Cl.Cl. The van der Waals surface area contributed by atoms with E-state index in [1.807, 2.05) is 37.3 Å². The molecule has 0 spiro atoms. The zero-order valence-electron chi connectivity index (χ0n) is 24.7. The van der Waals surface area contributed by atoms with E-state index < -0.39 is 5.60 Å². The average Bonchev–Trinajstić information content (AvgIpc) is 3.47. The average molecular weight is 624 g/mol. The van der Waals surface area contributed by atoms with Gasteiger partial charge in [0, 0.05) is 36.8 Å². The zero-order valence-corrected chi connectivity index (χ0v) is 27.1. The molecular formula is C30H41Cl3N6O2. The van der Waals surface area contributed by atoms with E-state index in [-0.39, 0.29) is 60.8 Å². The van der Waals surface area contributed by atoms with Crippen molar-refractivity contribution in [2.24, 2.45) is 0 Å². The monoisotopic (exact) mass is 622 g/mol. The Kier molecular flexibility index (Phi) is 11.0. The van der Waals surface area contributed by atoms with Crippen LogP contribution in [0.5, 0.6) is 0 Å². The van der Waals surface area contributed by atoms with Gasteiger partial charge in [0.1, 0.15) is 11.3 Å². The maximum atomic E-state index is 12.2. The Bertz CT molecular complexity index is 1500. The molecule has 0 radical (unpaired) electrons. The van der Waals surface area contributed by atoms with Crippen molar-refractivity contribution in [3.8, 4) is 11.5 Å². The first-order valence-corrected chi connectivity index (χ1v) is 13.4. The Balaban J connectivity index is 0.00000196. The van der Waals surface area contributed by atoms with Crippen LogP contribution in [0.3, 0.4) is 0 Å². The van der Waals surface area contributed by atoms with Gasteiger partial charge in [-0.25, -0.2) is 9.78 Å².